The fraction of sp³-hybridized carbons (Fsp3) is 0.667. The van der Waals surface area contributed by atoms with Crippen molar-refractivity contribution < 1.29 is 19.2 Å². The molecule has 92 valence electrons. The van der Waals surface area contributed by atoms with E-state index in [4.69, 9.17) is 39.9 Å². The fourth-order valence-electron chi connectivity index (χ4n) is 0.986. The molecule has 0 aromatic rings. The van der Waals surface area contributed by atoms with E-state index in [9.17, 15) is 14.1 Å². The summed E-state index contributed by atoms with van der Waals surface area (Å²) in [6.45, 7) is -0.276. The van der Waals surface area contributed by atoms with E-state index in [1.54, 1.807) is 0 Å². The molecule has 1 amide bonds. The highest BCUT2D eigenvalue weighted by atomic mass is 79.9. The van der Waals surface area contributed by atoms with Crippen LogP contribution in [0.15, 0.2) is 0 Å². The van der Waals surface area contributed by atoms with Crippen LogP contribution < -0.4 is 0 Å². The number of carbonyl (C=O) groups is 2. The zero-order chi connectivity index (χ0) is 12.7. The average Bonchev–Trinajstić information content (AvgIpc) is 2.25. The van der Waals surface area contributed by atoms with Crippen LogP contribution in [-0.2, 0) is 21.0 Å². The highest BCUT2D eigenvalue weighted by Gasteiger charge is 2.72. The second kappa shape index (κ2) is 4.70. The number of carboxylic acids is 1. The number of hydrogen-bond donors (Lipinski definition) is 1. The van der Waals surface area contributed by atoms with Gasteiger partial charge in [-0.2, -0.15) is 4.31 Å². The first-order chi connectivity index (χ1) is 7.12. The lowest BCUT2D eigenvalue weighted by Crippen LogP contribution is -2.38. The van der Waals surface area contributed by atoms with Crippen LogP contribution in [0.4, 0.5) is 0 Å². The van der Waals surface area contributed by atoms with Crippen LogP contribution >= 0.6 is 50.7 Å². The van der Waals surface area contributed by atoms with Crippen LogP contribution in [0.5, 0.6) is 0 Å². The van der Waals surface area contributed by atoms with Crippen LogP contribution in [0.1, 0.15) is 6.42 Å². The Kier molecular flexibility index (Phi) is 4.31. The third-order valence-corrected chi connectivity index (χ3v) is 7.17. The Morgan fingerprint density at radius 3 is 2.38 bits per heavy atom. The Hall–Kier alpha value is 0.600. The third-order valence-electron chi connectivity index (χ3n) is 1.81. The minimum atomic E-state index is -2.10. The quantitative estimate of drug-likeness (QED) is 0.599. The van der Waals surface area contributed by atoms with Crippen molar-refractivity contribution in [3.05, 3.63) is 0 Å². The molecule has 1 saturated heterocycles. The summed E-state index contributed by atoms with van der Waals surface area (Å²) in [5.41, 5.74) is 0. The zero-order valence-electron chi connectivity index (χ0n) is 7.45. The first-order valence-electron chi connectivity index (χ1n) is 3.83. The molecular formula is C6H5BrCl3NO4S. The van der Waals surface area contributed by atoms with Crippen molar-refractivity contribution >= 4 is 74.0 Å². The molecule has 1 aliphatic rings. The maximum Gasteiger partial charge on any atom is 0.318 e. The lowest BCUT2D eigenvalue weighted by atomic mass is 10.4. The molecule has 0 radical (unpaired) electrons. The summed E-state index contributed by atoms with van der Waals surface area (Å²) in [6, 6.07) is 0. The van der Waals surface area contributed by atoms with Crippen molar-refractivity contribution in [1.29, 1.82) is 0 Å². The Labute approximate surface area is 117 Å². The Balaban J connectivity index is 2.90. The number of amides is 1. The molecule has 0 bridgehead atoms. The van der Waals surface area contributed by atoms with Crippen LogP contribution in [0, 0.1) is 0 Å². The molecule has 0 spiro atoms. The smallest absolute Gasteiger partial charge is 0.318 e. The van der Waals surface area contributed by atoms with E-state index in [2.05, 4.69) is 15.9 Å². The topological polar surface area (TPSA) is 80.7 Å². The van der Waals surface area contributed by atoms with Crippen molar-refractivity contribution in [1.82, 2.24) is 4.31 Å². The van der Waals surface area contributed by atoms with Gasteiger partial charge in [0.05, 0.1) is 13.0 Å². The summed E-state index contributed by atoms with van der Waals surface area (Å²) in [7, 11) is 0. The van der Waals surface area contributed by atoms with Crippen molar-refractivity contribution in [3.63, 3.8) is 0 Å². The second-order valence-corrected chi connectivity index (χ2v) is 8.73. The maximum atomic E-state index is 11.7. The van der Waals surface area contributed by atoms with Gasteiger partial charge in [0, 0.05) is 15.9 Å². The van der Waals surface area contributed by atoms with E-state index in [0.717, 1.165) is 4.31 Å². The van der Waals surface area contributed by atoms with Crippen molar-refractivity contribution in [3.8, 4) is 0 Å². The van der Waals surface area contributed by atoms with Gasteiger partial charge in [-0.3, -0.25) is 9.59 Å². The predicted octanol–water partition coefficient (Wildman–Crippen LogP) is 1.43. The first-order valence-corrected chi connectivity index (χ1v) is 6.87. The number of rotatable bonds is 3. The summed E-state index contributed by atoms with van der Waals surface area (Å²) in [5, 5.41) is 8.46. The number of nitrogens with zero attached hydrogens (tertiary/aromatic N) is 1. The lowest BCUT2D eigenvalue weighted by Gasteiger charge is -2.21. The zero-order valence-corrected chi connectivity index (χ0v) is 12.1. The number of halogens is 4. The minimum Gasteiger partial charge on any atom is -0.591 e. The number of carboxylic acid groups (broad SMARTS) is 1. The van der Waals surface area contributed by atoms with Crippen molar-refractivity contribution in [2.24, 2.45) is 0 Å². The molecular weight excluding hydrogens is 368 g/mol. The number of hydrogen-bond acceptors (Lipinski definition) is 3. The van der Waals surface area contributed by atoms with Crippen LogP contribution in [0.2, 0.25) is 0 Å². The molecule has 1 rings (SSSR count). The highest BCUT2D eigenvalue weighted by Crippen LogP contribution is 2.55. The summed E-state index contributed by atoms with van der Waals surface area (Å²) < 4.78 is 8.53. The summed E-state index contributed by atoms with van der Waals surface area (Å²) in [4.78, 5) is 22.0. The summed E-state index contributed by atoms with van der Waals surface area (Å²) >= 11 is 17.9. The summed E-state index contributed by atoms with van der Waals surface area (Å²) in [6.07, 6.45) is -0.374. The molecule has 1 heterocycles. The third kappa shape index (κ3) is 2.26. The molecule has 0 aliphatic carbocycles. The van der Waals surface area contributed by atoms with Crippen LogP contribution in [0.25, 0.3) is 0 Å². The predicted molar refractivity (Wildman–Crippen MR) is 64.1 cm³/mol. The van der Waals surface area contributed by atoms with Crippen molar-refractivity contribution in [2.75, 3.05) is 6.54 Å². The molecule has 10 heteroatoms. The van der Waals surface area contributed by atoms with E-state index >= 15 is 0 Å². The molecule has 2 atom stereocenters. The number of aliphatic carboxylic acids is 1. The highest BCUT2D eigenvalue weighted by molar-refractivity contribution is 9.12. The van der Waals surface area contributed by atoms with Gasteiger partial charge in [-0.15, -0.1) is 0 Å². The molecule has 1 N–H and O–H groups in total. The van der Waals surface area contributed by atoms with Gasteiger partial charge in [-0.05, 0) is 11.6 Å². The molecule has 5 nitrogen and oxygen atoms in total. The van der Waals surface area contributed by atoms with Gasteiger partial charge < -0.3 is 9.66 Å². The largest absolute Gasteiger partial charge is 0.591 e. The molecule has 1 fully saturated rings. The molecule has 16 heavy (non-hydrogen) atoms. The van der Waals surface area contributed by atoms with Gasteiger partial charge in [-0.25, -0.2) is 0 Å². The van der Waals surface area contributed by atoms with Gasteiger partial charge in [0.2, 0.25) is 0 Å². The van der Waals surface area contributed by atoms with E-state index in [0.29, 0.717) is 0 Å². The monoisotopic (exact) mass is 371 g/mol. The standard InChI is InChI=1S/C6H5BrCl3NO4S/c7-6(10)5(8,9)4(14)11(16(6)15)2-1-3(12)13/h1-2H2,(H,12,13). The Morgan fingerprint density at radius 2 is 2.06 bits per heavy atom. The normalized spacial score (nSPS) is 33.2. The number of carbonyl (C=O) groups excluding carboxylic acids is 1. The molecule has 0 aromatic carbocycles. The average molecular weight is 373 g/mol. The Bertz CT molecular complexity index is 340. The SMILES string of the molecule is O=C(O)CCN1C(=O)C(Cl)(Cl)C(Cl)(Br)[S+]1[O-]. The Morgan fingerprint density at radius 1 is 1.56 bits per heavy atom. The van der Waals surface area contributed by atoms with Crippen molar-refractivity contribution in [2.45, 2.75) is 13.9 Å². The van der Waals surface area contributed by atoms with E-state index < -0.39 is 30.7 Å². The lowest BCUT2D eigenvalue weighted by molar-refractivity contribution is -0.137. The molecule has 0 saturated carbocycles. The van der Waals surface area contributed by atoms with Gasteiger partial charge >= 0.3 is 15.0 Å². The number of alkyl halides is 4. The van der Waals surface area contributed by atoms with E-state index in [1.165, 1.54) is 0 Å². The molecule has 0 aromatic heterocycles. The van der Waals surface area contributed by atoms with Crippen LogP contribution in [0.3, 0.4) is 0 Å². The van der Waals surface area contributed by atoms with Gasteiger partial charge in [-0.1, -0.05) is 23.2 Å². The van der Waals surface area contributed by atoms with Gasteiger partial charge in [0.1, 0.15) is 11.4 Å². The first kappa shape index (κ1) is 14.7. The summed E-state index contributed by atoms with van der Waals surface area (Å²) in [5.74, 6) is -2.02. The fourth-order valence-corrected chi connectivity index (χ4v) is 3.84. The maximum absolute atomic E-state index is 11.7. The second-order valence-electron chi connectivity index (χ2n) is 2.89. The van der Waals surface area contributed by atoms with Gasteiger partial charge in [0.25, 0.3) is 4.33 Å². The van der Waals surface area contributed by atoms with Gasteiger partial charge in [0.15, 0.2) is 0 Å². The molecule has 1 aliphatic heterocycles. The van der Waals surface area contributed by atoms with E-state index in [-0.39, 0.29) is 13.0 Å². The van der Waals surface area contributed by atoms with Crippen LogP contribution in [-0.4, -0.2) is 39.8 Å². The minimum absolute atomic E-state index is 0.276. The van der Waals surface area contributed by atoms with E-state index in [1.807, 2.05) is 0 Å². The molecule has 2 unspecified atom stereocenters.